The Labute approximate surface area is 409 Å². The maximum atomic E-state index is 12.4. The molecule has 0 aromatic carbocycles. The zero-order chi connectivity index (χ0) is 47.7. The van der Waals surface area contributed by atoms with E-state index in [2.05, 4.69) is 129 Å². The van der Waals surface area contributed by atoms with E-state index < -0.39 is 12.1 Å². The molecule has 0 radical (unpaired) electrons. The number of aliphatic hydroxyl groups excluding tert-OH is 2. The number of carbonyl (C=O) groups is 1. The van der Waals surface area contributed by atoms with Crippen molar-refractivity contribution in [3.05, 3.63) is 122 Å². The van der Waals surface area contributed by atoms with Gasteiger partial charge in [0.15, 0.2) is 0 Å². The van der Waals surface area contributed by atoms with E-state index in [1.807, 2.05) is 6.08 Å². The quantitative estimate of drug-likeness (QED) is 0.0421. The van der Waals surface area contributed by atoms with E-state index in [4.69, 9.17) is 0 Å². The normalized spacial score (nSPS) is 13.8. The van der Waals surface area contributed by atoms with Crippen LogP contribution in [-0.4, -0.2) is 34.9 Å². The van der Waals surface area contributed by atoms with Gasteiger partial charge in [-0.2, -0.15) is 0 Å². The Balaban J connectivity index is 3.69. The summed E-state index contributed by atoms with van der Waals surface area (Å²) in [6.07, 6.45) is 86.4. The summed E-state index contributed by atoms with van der Waals surface area (Å²) in [4.78, 5) is 12.4. The van der Waals surface area contributed by atoms with Gasteiger partial charge in [-0.25, -0.2) is 0 Å². The Bertz CT molecular complexity index is 1310. The van der Waals surface area contributed by atoms with Crippen LogP contribution in [0.25, 0.3) is 0 Å². The van der Waals surface area contributed by atoms with Gasteiger partial charge in [0.25, 0.3) is 0 Å². The first-order valence-electron chi connectivity index (χ1n) is 27.7. The van der Waals surface area contributed by atoms with Gasteiger partial charge in [0, 0.05) is 6.42 Å². The number of allylic oxidation sites excluding steroid dienone is 19. The van der Waals surface area contributed by atoms with Crippen LogP contribution in [0.3, 0.4) is 0 Å². The molecule has 2 atom stereocenters. The third-order valence-electron chi connectivity index (χ3n) is 11.9. The largest absolute Gasteiger partial charge is 0.394 e. The van der Waals surface area contributed by atoms with Crippen molar-refractivity contribution in [2.24, 2.45) is 0 Å². The van der Waals surface area contributed by atoms with Crippen LogP contribution in [0.4, 0.5) is 0 Å². The number of aliphatic hydroxyl groups is 2. The van der Waals surface area contributed by atoms with E-state index in [1.165, 1.54) is 128 Å². The second-order valence-corrected chi connectivity index (χ2v) is 18.2. The molecule has 4 heteroatoms. The molecule has 0 fully saturated rings. The summed E-state index contributed by atoms with van der Waals surface area (Å²) in [5.74, 6) is -0.114. The molecule has 0 aromatic heterocycles. The third-order valence-corrected chi connectivity index (χ3v) is 11.9. The summed E-state index contributed by atoms with van der Waals surface area (Å²) in [7, 11) is 0. The Morgan fingerprint density at radius 1 is 0.379 bits per heavy atom. The highest BCUT2D eigenvalue weighted by atomic mass is 16.3. The summed E-state index contributed by atoms with van der Waals surface area (Å²) in [6.45, 7) is 4.17. The van der Waals surface area contributed by atoms with Crippen LogP contribution in [0, 0.1) is 0 Å². The predicted molar refractivity (Wildman–Crippen MR) is 294 cm³/mol. The fraction of sp³-hybridized carbons (Fsp3) is 0.661. The molecule has 2 unspecified atom stereocenters. The lowest BCUT2D eigenvalue weighted by molar-refractivity contribution is -0.123. The molecular formula is C62H105NO3. The molecule has 3 N–H and O–H groups in total. The SMILES string of the molecule is CC/C=C\C/C=C\C/C=C\C/C=C\C/C=C\C/C=C\C/C=C\CCCCCC(=O)NC(CO)C(O)/C=C/CC/C=C/CC/C=C/CCCCCCCCCCCCCCCCCCCCC. The van der Waals surface area contributed by atoms with Gasteiger partial charge in [-0.15, -0.1) is 0 Å². The molecule has 66 heavy (non-hydrogen) atoms. The van der Waals surface area contributed by atoms with E-state index in [-0.39, 0.29) is 12.5 Å². The third kappa shape index (κ3) is 51.8. The van der Waals surface area contributed by atoms with E-state index >= 15 is 0 Å². The summed E-state index contributed by atoms with van der Waals surface area (Å²) in [5, 5.41) is 23.1. The first-order valence-corrected chi connectivity index (χ1v) is 27.7. The molecule has 0 bridgehead atoms. The molecule has 0 aliphatic heterocycles. The van der Waals surface area contributed by atoms with Crippen molar-refractivity contribution in [3.63, 3.8) is 0 Å². The van der Waals surface area contributed by atoms with Crippen molar-refractivity contribution in [2.75, 3.05) is 6.61 Å². The number of hydrogen-bond acceptors (Lipinski definition) is 3. The van der Waals surface area contributed by atoms with Gasteiger partial charge in [-0.1, -0.05) is 257 Å². The van der Waals surface area contributed by atoms with Crippen molar-refractivity contribution in [3.8, 4) is 0 Å². The first kappa shape index (κ1) is 62.8. The molecule has 0 saturated carbocycles. The summed E-state index contributed by atoms with van der Waals surface area (Å²) >= 11 is 0. The van der Waals surface area contributed by atoms with Crippen molar-refractivity contribution in [1.82, 2.24) is 5.32 Å². The molecule has 0 heterocycles. The van der Waals surface area contributed by atoms with E-state index in [0.717, 1.165) is 96.3 Å². The minimum atomic E-state index is -0.895. The van der Waals surface area contributed by atoms with Gasteiger partial charge in [0.2, 0.25) is 5.91 Å². The Kier molecular flexibility index (Phi) is 53.4. The lowest BCUT2D eigenvalue weighted by Crippen LogP contribution is -2.45. The highest BCUT2D eigenvalue weighted by molar-refractivity contribution is 5.76. The lowest BCUT2D eigenvalue weighted by Gasteiger charge is -2.19. The Morgan fingerprint density at radius 2 is 0.682 bits per heavy atom. The van der Waals surface area contributed by atoms with Crippen LogP contribution in [-0.2, 0) is 4.79 Å². The molecule has 0 aliphatic rings. The first-order chi connectivity index (χ1) is 32.7. The Morgan fingerprint density at radius 3 is 1.06 bits per heavy atom. The van der Waals surface area contributed by atoms with Gasteiger partial charge in [-0.05, 0) is 103 Å². The van der Waals surface area contributed by atoms with Gasteiger partial charge >= 0.3 is 0 Å². The van der Waals surface area contributed by atoms with Gasteiger partial charge in [0.1, 0.15) is 0 Å². The van der Waals surface area contributed by atoms with E-state index in [9.17, 15) is 15.0 Å². The molecule has 0 rings (SSSR count). The topological polar surface area (TPSA) is 69.6 Å². The van der Waals surface area contributed by atoms with Crippen LogP contribution in [0.2, 0.25) is 0 Å². The molecular weight excluding hydrogens is 807 g/mol. The monoisotopic (exact) mass is 912 g/mol. The zero-order valence-electron chi connectivity index (χ0n) is 43.2. The maximum Gasteiger partial charge on any atom is 0.220 e. The van der Waals surface area contributed by atoms with Gasteiger partial charge in [0.05, 0.1) is 18.8 Å². The summed E-state index contributed by atoms with van der Waals surface area (Å²) in [5.41, 5.74) is 0. The number of rotatable bonds is 49. The molecule has 1 amide bonds. The highest BCUT2D eigenvalue weighted by Gasteiger charge is 2.17. The number of unbranched alkanes of at least 4 members (excludes halogenated alkanes) is 24. The minimum Gasteiger partial charge on any atom is -0.394 e. The zero-order valence-corrected chi connectivity index (χ0v) is 43.2. The van der Waals surface area contributed by atoms with Crippen LogP contribution in [0.1, 0.15) is 245 Å². The van der Waals surface area contributed by atoms with Crippen LogP contribution >= 0.6 is 0 Å². The smallest absolute Gasteiger partial charge is 0.220 e. The van der Waals surface area contributed by atoms with Crippen molar-refractivity contribution < 1.29 is 15.0 Å². The fourth-order valence-electron chi connectivity index (χ4n) is 7.72. The average molecular weight is 913 g/mol. The summed E-state index contributed by atoms with van der Waals surface area (Å²) in [6, 6.07) is -0.674. The predicted octanol–water partition coefficient (Wildman–Crippen LogP) is 18.5. The molecule has 0 aliphatic carbocycles. The number of amides is 1. The second kappa shape index (κ2) is 56.1. The molecule has 4 nitrogen and oxygen atoms in total. The van der Waals surface area contributed by atoms with Gasteiger partial charge < -0.3 is 15.5 Å². The molecule has 0 spiro atoms. The lowest BCUT2D eigenvalue weighted by atomic mass is 10.0. The molecule has 0 aromatic rings. The van der Waals surface area contributed by atoms with Crippen molar-refractivity contribution in [1.29, 1.82) is 0 Å². The van der Waals surface area contributed by atoms with Crippen LogP contribution < -0.4 is 5.32 Å². The molecule has 0 saturated heterocycles. The summed E-state index contributed by atoms with van der Waals surface area (Å²) < 4.78 is 0. The van der Waals surface area contributed by atoms with Crippen LogP contribution in [0.15, 0.2) is 122 Å². The van der Waals surface area contributed by atoms with E-state index in [0.29, 0.717) is 6.42 Å². The van der Waals surface area contributed by atoms with Crippen LogP contribution in [0.5, 0.6) is 0 Å². The number of nitrogens with one attached hydrogen (secondary N) is 1. The minimum absolute atomic E-state index is 0.114. The van der Waals surface area contributed by atoms with Crippen molar-refractivity contribution >= 4 is 5.91 Å². The maximum absolute atomic E-state index is 12.4. The van der Waals surface area contributed by atoms with Gasteiger partial charge in [-0.3, -0.25) is 4.79 Å². The Hall–Kier alpha value is -3.21. The van der Waals surface area contributed by atoms with Crippen molar-refractivity contribution in [2.45, 2.75) is 257 Å². The number of hydrogen-bond donors (Lipinski definition) is 3. The molecule has 376 valence electrons. The fourth-order valence-corrected chi connectivity index (χ4v) is 7.72. The number of carbonyl (C=O) groups excluding carboxylic acids is 1. The van der Waals surface area contributed by atoms with E-state index in [1.54, 1.807) is 6.08 Å². The standard InChI is InChI=1S/C62H105NO3/c1-3-5-7-9-11-13-15-17-19-21-23-25-27-29-30-31-32-34-35-37-39-41-43-45-47-49-51-53-55-57-61(65)60(59-64)63-62(66)58-56-54-52-50-48-46-44-42-40-38-36-33-28-26-24-22-20-18-16-14-12-10-8-6-4-2/h6,8,12,14,18,20,24,26,33,36,39-42,46-49,55,57,60-61,64-65H,3-5,7,9-11,13,15-17,19,21-23,25,27-32,34-35,37-38,43-45,50-54,56,58-59H2,1-2H3,(H,63,66)/b8-6-,14-12-,20-18-,26-24-,36-33-,41-39+,42-40-,48-46-,49-47+,57-55+. The average Bonchev–Trinajstić information content (AvgIpc) is 3.32. The second-order valence-electron chi connectivity index (χ2n) is 18.2. The highest BCUT2D eigenvalue weighted by Crippen LogP contribution is 2.15.